The summed E-state index contributed by atoms with van der Waals surface area (Å²) in [6.45, 7) is 3.48. The Labute approximate surface area is 60.0 Å². The van der Waals surface area contributed by atoms with Crippen LogP contribution in [0.1, 0.15) is 13.8 Å². The Balaban J connectivity index is 4.12. The first-order chi connectivity index (χ1) is 4.46. The zero-order valence-corrected chi connectivity index (χ0v) is 6.40. The molecule has 0 heterocycles. The molecular formula is C6H13NO3. The van der Waals surface area contributed by atoms with E-state index in [1.54, 1.807) is 13.8 Å². The van der Waals surface area contributed by atoms with Crippen LogP contribution in [0.25, 0.3) is 0 Å². The molecular weight excluding hydrogens is 134 g/mol. The minimum atomic E-state index is -1.00. The fourth-order valence-electron chi connectivity index (χ4n) is 0.876. The van der Waals surface area contributed by atoms with E-state index in [0.29, 0.717) is 5.06 Å². The molecule has 0 aliphatic carbocycles. The Morgan fingerprint density at radius 3 is 1.90 bits per heavy atom. The van der Waals surface area contributed by atoms with Crippen LogP contribution in [0.3, 0.4) is 0 Å². The van der Waals surface area contributed by atoms with Crippen LogP contribution in [0.5, 0.6) is 0 Å². The summed E-state index contributed by atoms with van der Waals surface area (Å²) in [4.78, 5) is 10.4. The van der Waals surface area contributed by atoms with Gasteiger partial charge in [-0.1, -0.05) is 13.8 Å². The number of likely N-dealkylation sites (N-methyl/N-ethyl adjacent to an activating group) is 1. The lowest BCUT2D eigenvalue weighted by atomic mass is 10.1. The molecule has 0 bridgehead atoms. The topological polar surface area (TPSA) is 60.8 Å². The quantitative estimate of drug-likeness (QED) is 0.568. The number of hydrogen-bond donors (Lipinski definition) is 2. The molecule has 4 nitrogen and oxygen atoms in total. The van der Waals surface area contributed by atoms with E-state index in [9.17, 15) is 4.79 Å². The fraction of sp³-hybridized carbons (Fsp3) is 0.833. The number of nitrogens with zero attached hydrogens (tertiary/aromatic N) is 1. The highest BCUT2D eigenvalue weighted by atomic mass is 16.5. The molecule has 1 atom stereocenters. The SMILES string of the molecule is CC(C)[C@@H](C(=O)O)N(C)O. The first kappa shape index (κ1) is 9.39. The Morgan fingerprint density at radius 2 is 1.90 bits per heavy atom. The molecule has 0 fully saturated rings. The summed E-state index contributed by atoms with van der Waals surface area (Å²) in [7, 11) is 1.33. The lowest BCUT2D eigenvalue weighted by Gasteiger charge is -2.21. The van der Waals surface area contributed by atoms with E-state index in [4.69, 9.17) is 10.3 Å². The second kappa shape index (κ2) is 3.53. The van der Waals surface area contributed by atoms with Crippen molar-refractivity contribution < 1.29 is 15.1 Å². The van der Waals surface area contributed by atoms with Crippen molar-refractivity contribution in [1.29, 1.82) is 0 Å². The van der Waals surface area contributed by atoms with Gasteiger partial charge in [0, 0.05) is 7.05 Å². The van der Waals surface area contributed by atoms with Gasteiger partial charge in [-0.3, -0.25) is 4.79 Å². The maximum atomic E-state index is 10.4. The number of rotatable bonds is 3. The van der Waals surface area contributed by atoms with Gasteiger partial charge in [0.15, 0.2) is 0 Å². The molecule has 0 aliphatic heterocycles. The predicted molar refractivity (Wildman–Crippen MR) is 35.8 cm³/mol. The summed E-state index contributed by atoms with van der Waals surface area (Å²) in [5.74, 6) is -1.09. The molecule has 0 aromatic rings. The highest BCUT2D eigenvalue weighted by Gasteiger charge is 2.24. The van der Waals surface area contributed by atoms with Crippen LogP contribution in [0.4, 0.5) is 0 Å². The molecule has 0 saturated heterocycles. The van der Waals surface area contributed by atoms with Gasteiger partial charge in [0.1, 0.15) is 6.04 Å². The Hall–Kier alpha value is -0.610. The summed E-state index contributed by atoms with van der Waals surface area (Å²) in [6.07, 6.45) is 0. The molecule has 4 heteroatoms. The van der Waals surface area contributed by atoms with Gasteiger partial charge in [0.05, 0.1) is 0 Å². The largest absolute Gasteiger partial charge is 0.480 e. The van der Waals surface area contributed by atoms with E-state index >= 15 is 0 Å². The van der Waals surface area contributed by atoms with Crippen LogP contribution < -0.4 is 0 Å². The predicted octanol–water partition coefficient (Wildman–Crippen LogP) is 0.417. The Kier molecular flexibility index (Phi) is 3.32. The number of carboxylic acid groups (broad SMARTS) is 1. The highest BCUT2D eigenvalue weighted by Crippen LogP contribution is 2.06. The molecule has 2 N–H and O–H groups in total. The molecule has 0 aromatic heterocycles. The van der Waals surface area contributed by atoms with Gasteiger partial charge in [-0.05, 0) is 5.92 Å². The van der Waals surface area contributed by atoms with Crippen molar-refractivity contribution in [2.45, 2.75) is 19.9 Å². The van der Waals surface area contributed by atoms with Gasteiger partial charge >= 0.3 is 5.97 Å². The first-order valence-electron chi connectivity index (χ1n) is 3.11. The van der Waals surface area contributed by atoms with Crippen molar-refractivity contribution in [3.63, 3.8) is 0 Å². The highest BCUT2D eigenvalue weighted by molar-refractivity contribution is 5.73. The smallest absolute Gasteiger partial charge is 0.323 e. The van der Waals surface area contributed by atoms with Gasteiger partial charge in [-0.2, -0.15) is 5.06 Å². The van der Waals surface area contributed by atoms with Crippen molar-refractivity contribution in [1.82, 2.24) is 5.06 Å². The number of hydroxylamine groups is 2. The van der Waals surface area contributed by atoms with Crippen LogP contribution in [0, 0.1) is 5.92 Å². The number of carbonyl (C=O) groups is 1. The fourth-order valence-corrected chi connectivity index (χ4v) is 0.876. The van der Waals surface area contributed by atoms with Crippen LogP contribution in [0.15, 0.2) is 0 Å². The normalized spacial score (nSPS) is 14.2. The molecule has 0 rings (SSSR count). The van der Waals surface area contributed by atoms with Gasteiger partial charge in [-0.25, -0.2) is 0 Å². The Bertz CT molecular complexity index is 114. The Morgan fingerprint density at radius 1 is 1.50 bits per heavy atom. The molecule has 0 unspecified atom stereocenters. The van der Waals surface area contributed by atoms with Crippen molar-refractivity contribution in [2.24, 2.45) is 5.92 Å². The van der Waals surface area contributed by atoms with E-state index in [-0.39, 0.29) is 5.92 Å². The molecule has 60 valence electrons. The summed E-state index contributed by atoms with van der Waals surface area (Å²) in [6, 6.07) is -0.806. The summed E-state index contributed by atoms with van der Waals surface area (Å²) in [5.41, 5.74) is 0. The van der Waals surface area contributed by atoms with Crippen molar-refractivity contribution in [3.8, 4) is 0 Å². The minimum Gasteiger partial charge on any atom is -0.480 e. The number of hydrogen-bond acceptors (Lipinski definition) is 3. The second-order valence-electron chi connectivity index (χ2n) is 2.60. The third kappa shape index (κ3) is 2.33. The molecule has 0 amide bonds. The van der Waals surface area contributed by atoms with Crippen LogP contribution in [0.2, 0.25) is 0 Å². The van der Waals surface area contributed by atoms with E-state index in [1.807, 2.05) is 0 Å². The second-order valence-corrected chi connectivity index (χ2v) is 2.60. The molecule has 0 spiro atoms. The maximum absolute atomic E-state index is 10.4. The van der Waals surface area contributed by atoms with E-state index in [1.165, 1.54) is 7.05 Å². The summed E-state index contributed by atoms with van der Waals surface area (Å²) >= 11 is 0. The number of carboxylic acids is 1. The zero-order chi connectivity index (χ0) is 8.31. The lowest BCUT2D eigenvalue weighted by molar-refractivity contribution is -0.167. The van der Waals surface area contributed by atoms with E-state index in [2.05, 4.69) is 0 Å². The van der Waals surface area contributed by atoms with Crippen molar-refractivity contribution in [2.75, 3.05) is 7.05 Å². The monoisotopic (exact) mass is 147 g/mol. The van der Waals surface area contributed by atoms with Gasteiger partial charge in [-0.15, -0.1) is 0 Å². The van der Waals surface area contributed by atoms with Crippen molar-refractivity contribution >= 4 is 5.97 Å². The standard InChI is InChI=1S/C6H13NO3/c1-4(2)5(6(8)9)7(3)10/h4-5,10H,1-3H3,(H,8,9)/t5-/m0/s1. The maximum Gasteiger partial charge on any atom is 0.323 e. The molecule has 0 radical (unpaired) electrons. The van der Waals surface area contributed by atoms with E-state index in [0.717, 1.165) is 0 Å². The third-order valence-electron chi connectivity index (χ3n) is 1.29. The average Bonchev–Trinajstić information content (AvgIpc) is 1.59. The van der Waals surface area contributed by atoms with Crippen LogP contribution >= 0.6 is 0 Å². The van der Waals surface area contributed by atoms with Gasteiger partial charge in [0.25, 0.3) is 0 Å². The summed E-state index contributed by atoms with van der Waals surface area (Å²) in [5, 5.41) is 18.0. The lowest BCUT2D eigenvalue weighted by Crippen LogP contribution is -2.40. The minimum absolute atomic E-state index is 0.0903. The van der Waals surface area contributed by atoms with Crippen LogP contribution in [-0.4, -0.2) is 34.4 Å². The first-order valence-corrected chi connectivity index (χ1v) is 3.11. The van der Waals surface area contributed by atoms with E-state index < -0.39 is 12.0 Å². The zero-order valence-electron chi connectivity index (χ0n) is 6.40. The van der Waals surface area contributed by atoms with Crippen molar-refractivity contribution in [3.05, 3.63) is 0 Å². The summed E-state index contributed by atoms with van der Waals surface area (Å²) < 4.78 is 0. The number of aliphatic carboxylic acids is 1. The third-order valence-corrected chi connectivity index (χ3v) is 1.29. The van der Waals surface area contributed by atoms with Gasteiger partial charge < -0.3 is 10.3 Å². The molecule has 0 aliphatic rings. The van der Waals surface area contributed by atoms with Gasteiger partial charge in [0.2, 0.25) is 0 Å². The molecule has 0 saturated carbocycles. The molecule has 0 aromatic carbocycles. The van der Waals surface area contributed by atoms with Crippen LogP contribution in [-0.2, 0) is 4.79 Å². The average molecular weight is 147 g/mol. The molecule has 10 heavy (non-hydrogen) atoms.